The number of aliphatic hydroxyl groups excluding tert-OH is 1. The Bertz CT molecular complexity index is 553. The Balaban J connectivity index is 2.25. The zero-order valence-corrected chi connectivity index (χ0v) is 12.7. The van der Waals surface area contributed by atoms with Gasteiger partial charge in [-0.25, -0.2) is 0 Å². The maximum absolute atomic E-state index is 12.6. The molecule has 4 heteroatoms. The number of benzene rings is 1. The minimum atomic E-state index is -0.170. The van der Waals surface area contributed by atoms with Crippen molar-refractivity contribution in [3.8, 4) is 11.8 Å². The molecule has 1 unspecified atom stereocenters. The van der Waals surface area contributed by atoms with Crippen LogP contribution in [0.25, 0.3) is 0 Å². The first-order chi connectivity index (χ1) is 9.65. The van der Waals surface area contributed by atoms with E-state index in [0.29, 0.717) is 11.6 Å². The third-order valence-electron chi connectivity index (χ3n) is 3.64. The molecule has 2 rings (SSSR count). The molecule has 106 valence electrons. The van der Waals surface area contributed by atoms with Gasteiger partial charge in [0, 0.05) is 30.0 Å². The Hall–Kier alpha value is -1.44. The molecule has 1 atom stereocenters. The van der Waals surface area contributed by atoms with Gasteiger partial charge >= 0.3 is 0 Å². The van der Waals surface area contributed by atoms with E-state index in [1.54, 1.807) is 0 Å². The quantitative estimate of drug-likeness (QED) is 0.846. The van der Waals surface area contributed by atoms with Crippen LogP contribution in [0.3, 0.4) is 0 Å². The summed E-state index contributed by atoms with van der Waals surface area (Å²) in [5.41, 5.74) is 2.39. The number of rotatable bonds is 2. The predicted octanol–water partition coefficient (Wildman–Crippen LogP) is 1.92. The van der Waals surface area contributed by atoms with Crippen molar-refractivity contribution < 1.29 is 9.90 Å². The van der Waals surface area contributed by atoms with Crippen molar-refractivity contribution in [1.82, 2.24) is 4.90 Å². The van der Waals surface area contributed by atoms with Crippen LogP contribution in [-0.2, 0) is 0 Å². The lowest BCUT2D eigenvalue weighted by Gasteiger charge is -2.24. The highest BCUT2D eigenvalue weighted by atomic mass is 32.2. The van der Waals surface area contributed by atoms with E-state index in [4.69, 9.17) is 5.11 Å². The molecule has 1 aromatic rings. The van der Waals surface area contributed by atoms with E-state index in [2.05, 4.69) is 11.8 Å². The summed E-state index contributed by atoms with van der Waals surface area (Å²) in [4.78, 5) is 14.5. The molecule has 1 fully saturated rings. The minimum absolute atomic E-state index is 0.0580. The number of hydrogen-bond donors (Lipinski definition) is 1. The smallest absolute Gasteiger partial charge is 0.254 e. The molecule has 20 heavy (non-hydrogen) atoms. The second-order valence-electron chi connectivity index (χ2n) is 4.87. The van der Waals surface area contributed by atoms with E-state index < -0.39 is 0 Å². The van der Waals surface area contributed by atoms with Crippen molar-refractivity contribution >= 4 is 17.7 Å². The molecule has 0 aliphatic carbocycles. The lowest BCUT2D eigenvalue weighted by molar-refractivity contribution is 0.0747. The van der Waals surface area contributed by atoms with Crippen LogP contribution in [0.5, 0.6) is 0 Å². The van der Waals surface area contributed by atoms with E-state index in [1.165, 1.54) is 0 Å². The van der Waals surface area contributed by atoms with Crippen molar-refractivity contribution in [2.45, 2.75) is 19.4 Å². The third kappa shape index (κ3) is 3.17. The van der Waals surface area contributed by atoms with E-state index in [0.717, 1.165) is 29.1 Å². The fourth-order valence-electron chi connectivity index (χ4n) is 2.32. The summed E-state index contributed by atoms with van der Waals surface area (Å²) in [6.45, 7) is 1.74. The Kier molecular flexibility index (Phi) is 5.11. The normalized spacial score (nSPS) is 17.4. The number of aliphatic hydroxyl groups is 1. The van der Waals surface area contributed by atoms with Crippen LogP contribution in [0.1, 0.15) is 27.9 Å². The molecule has 1 amide bonds. The van der Waals surface area contributed by atoms with E-state index >= 15 is 0 Å². The van der Waals surface area contributed by atoms with Crippen LogP contribution in [0.4, 0.5) is 0 Å². The van der Waals surface area contributed by atoms with E-state index in [1.807, 2.05) is 48.8 Å². The van der Waals surface area contributed by atoms with Crippen molar-refractivity contribution in [3.63, 3.8) is 0 Å². The van der Waals surface area contributed by atoms with E-state index in [9.17, 15) is 4.79 Å². The molecule has 0 aromatic heterocycles. The summed E-state index contributed by atoms with van der Waals surface area (Å²) in [6, 6.07) is 5.90. The minimum Gasteiger partial charge on any atom is -0.384 e. The average molecular weight is 289 g/mol. The van der Waals surface area contributed by atoms with Crippen LogP contribution < -0.4 is 0 Å². The first-order valence-electron chi connectivity index (χ1n) is 6.69. The zero-order chi connectivity index (χ0) is 14.5. The maximum Gasteiger partial charge on any atom is 0.254 e. The molecule has 1 heterocycles. The monoisotopic (exact) mass is 289 g/mol. The molecule has 1 N–H and O–H groups in total. The highest BCUT2D eigenvalue weighted by molar-refractivity contribution is 7.99. The van der Waals surface area contributed by atoms with Crippen molar-refractivity contribution in [2.24, 2.45) is 0 Å². The Morgan fingerprint density at radius 2 is 2.35 bits per heavy atom. The van der Waals surface area contributed by atoms with Crippen LogP contribution >= 0.6 is 11.8 Å². The second kappa shape index (κ2) is 6.83. The number of amides is 1. The van der Waals surface area contributed by atoms with Gasteiger partial charge in [-0.15, -0.1) is 0 Å². The van der Waals surface area contributed by atoms with Gasteiger partial charge in [-0.2, -0.15) is 11.8 Å². The third-order valence-corrected chi connectivity index (χ3v) is 4.78. The standard InChI is InChI=1S/C16H19NO2S/c1-12-13(6-4-9-18)5-3-7-15(12)16(19)17(2)14-8-10-20-11-14/h3,5,7,14,18H,8-11H2,1-2H3. The highest BCUT2D eigenvalue weighted by Gasteiger charge is 2.25. The molecular weight excluding hydrogens is 270 g/mol. The Labute approximate surface area is 124 Å². The number of hydrogen-bond acceptors (Lipinski definition) is 3. The topological polar surface area (TPSA) is 40.5 Å². The molecule has 0 saturated carbocycles. The van der Waals surface area contributed by atoms with Gasteiger partial charge in [0.2, 0.25) is 0 Å². The fourth-order valence-corrected chi connectivity index (χ4v) is 3.59. The second-order valence-corrected chi connectivity index (χ2v) is 6.02. The van der Waals surface area contributed by atoms with E-state index in [-0.39, 0.29) is 12.5 Å². The van der Waals surface area contributed by atoms with Gasteiger partial charge < -0.3 is 10.0 Å². The number of carbonyl (C=O) groups excluding carboxylic acids is 1. The number of nitrogens with zero attached hydrogens (tertiary/aromatic N) is 1. The van der Waals surface area contributed by atoms with Gasteiger partial charge in [-0.05, 0) is 36.8 Å². The number of thioether (sulfide) groups is 1. The summed E-state index contributed by atoms with van der Waals surface area (Å²) in [7, 11) is 1.88. The Morgan fingerprint density at radius 3 is 3.00 bits per heavy atom. The van der Waals surface area contributed by atoms with Gasteiger partial charge in [0.1, 0.15) is 6.61 Å². The molecule has 1 aliphatic heterocycles. The lowest BCUT2D eigenvalue weighted by Crippen LogP contribution is -2.37. The molecule has 0 bridgehead atoms. The summed E-state index contributed by atoms with van der Waals surface area (Å²) >= 11 is 1.90. The van der Waals surface area contributed by atoms with Crippen LogP contribution in [-0.4, -0.2) is 47.1 Å². The van der Waals surface area contributed by atoms with Crippen molar-refractivity contribution in [1.29, 1.82) is 0 Å². The molecule has 1 aromatic carbocycles. The predicted molar refractivity (Wildman–Crippen MR) is 83.0 cm³/mol. The molecule has 3 nitrogen and oxygen atoms in total. The zero-order valence-electron chi connectivity index (χ0n) is 11.8. The molecule has 1 aliphatic rings. The van der Waals surface area contributed by atoms with Gasteiger partial charge in [0.15, 0.2) is 0 Å². The summed E-state index contributed by atoms with van der Waals surface area (Å²) < 4.78 is 0. The molecule has 1 saturated heterocycles. The average Bonchev–Trinajstić information content (AvgIpc) is 2.99. The first-order valence-corrected chi connectivity index (χ1v) is 7.85. The summed E-state index contributed by atoms with van der Waals surface area (Å²) in [5.74, 6) is 7.73. The van der Waals surface area contributed by atoms with Gasteiger partial charge in [0.05, 0.1) is 0 Å². The highest BCUT2D eigenvalue weighted by Crippen LogP contribution is 2.23. The van der Waals surface area contributed by atoms with Crippen molar-refractivity contribution in [3.05, 3.63) is 34.9 Å². The van der Waals surface area contributed by atoms with Gasteiger partial charge in [-0.1, -0.05) is 17.9 Å². The number of carbonyl (C=O) groups is 1. The lowest BCUT2D eigenvalue weighted by atomic mass is 10.0. The SMILES string of the molecule is Cc1c(C#CCO)cccc1C(=O)N(C)C1CCSC1. The molecule has 0 radical (unpaired) electrons. The van der Waals surface area contributed by atoms with Crippen LogP contribution in [0.15, 0.2) is 18.2 Å². The largest absolute Gasteiger partial charge is 0.384 e. The van der Waals surface area contributed by atoms with Gasteiger partial charge in [-0.3, -0.25) is 4.79 Å². The van der Waals surface area contributed by atoms with Crippen LogP contribution in [0, 0.1) is 18.8 Å². The summed E-state index contributed by atoms with van der Waals surface area (Å²) in [6.07, 6.45) is 1.07. The fraction of sp³-hybridized carbons (Fsp3) is 0.438. The van der Waals surface area contributed by atoms with Crippen molar-refractivity contribution in [2.75, 3.05) is 25.2 Å². The van der Waals surface area contributed by atoms with Crippen LogP contribution in [0.2, 0.25) is 0 Å². The first kappa shape index (κ1) is 15.0. The molecular formula is C16H19NO2S. The summed E-state index contributed by atoms with van der Waals surface area (Å²) in [5, 5.41) is 8.78. The Morgan fingerprint density at radius 1 is 1.55 bits per heavy atom. The maximum atomic E-state index is 12.6. The molecule has 0 spiro atoms. The van der Waals surface area contributed by atoms with Gasteiger partial charge in [0.25, 0.3) is 5.91 Å².